The number of aromatic amines is 1. The molecule has 2 aromatic heterocycles. The van der Waals surface area contributed by atoms with Gasteiger partial charge in [-0.2, -0.15) is 5.10 Å². The number of H-pyrrole nitrogens is 1. The van der Waals surface area contributed by atoms with Gasteiger partial charge in [0, 0.05) is 44.5 Å². The van der Waals surface area contributed by atoms with Crippen LogP contribution in [0.15, 0.2) is 54.9 Å². The van der Waals surface area contributed by atoms with Gasteiger partial charge >= 0.3 is 0 Å². The van der Waals surface area contributed by atoms with E-state index in [0.717, 1.165) is 36.6 Å². The molecule has 27 heavy (non-hydrogen) atoms. The first-order valence-corrected chi connectivity index (χ1v) is 9.05. The normalized spacial score (nSPS) is 19.9. The van der Waals surface area contributed by atoms with E-state index in [1.807, 2.05) is 42.6 Å². The molecule has 0 radical (unpaired) electrons. The van der Waals surface area contributed by atoms with E-state index in [2.05, 4.69) is 31.5 Å². The topological polar surface area (TPSA) is 86.8 Å². The lowest BCUT2D eigenvalue weighted by molar-refractivity contribution is -0.119. The molecule has 1 aromatic carbocycles. The van der Waals surface area contributed by atoms with Crippen LogP contribution in [0.25, 0.3) is 11.4 Å². The first-order chi connectivity index (χ1) is 13.2. The number of aromatic nitrogens is 4. The number of likely N-dealkylation sites (tertiary alicyclic amines) is 1. The minimum absolute atomic E-state index is 0.00394. The molecule has 1 aliphatic heterocycles. The van der Waals surface area contributed by atoms with Crippen LogP contribution < -0.4 is 5.32 Å². The van der Waals surface area contributed by atoms with Gasteiger partial charge in [-0.15, -0.1) is 0 Å². The third-order valence-corrected chi connectivity index (χ3v) is 4.80. The minimum Gasteiger partial charge on any atom is -0.352 e. The number of nitrogens with one attached hydrogen (secondary N) is 2. The van der Waals surface area contributed by atoms with E-state index in [0.29, 0.717) is 5.82 Å². The molecule has 2 atom stereocenters. The number of benzene rings is 1. The molecule has 1 aliphatic rings. The molecule has 1 saturated heterocycles. The van der Waals surface area contributed by atoms with Crippen molar-refractivity contribution in [3.05, 3.63) is 66.2 Å². The maximum atomic E-state index is 11.7. The summed E-state index contributed by atoms with van der Waals surface area (Å²) in [5.41, 5.74) is 2.13. The van der Waals surface area contributed by atoms with Crippen molar-refractivity contribution in [3.8, 4) is 11.4 Å². The Labute approximate surface area is 157 Å². The molecule has 1 fully saturated rings. The summed E-state index contributed by atoms with van der Waals surface area (Å²) in [6, 6.07) is 13.9. The van der Waals surface area contributed by atoms with Crippen molar-refractivity contribution in [2.24, 2.45) is 0 Å². The molecule has 3 aromatic rings. The van der Waals surface area contributed by atoms with E-state index < -0.39 is 0 Å². The Kier molecular flexibility index (Phi) is 4.93. The van der Waals surface area contributed by atoms with Crippen LogP contribution >= 0.6 is 0 Å². The third kappa shape index (κ3) is 4.03. The van der Waals surface area contributed by atoms with E-state index in [1.54, 1.807) is 13.1 Å². The standard InChI is InChI=1S/C20H22N6O/c1-14(27)22-18-13-26(11-15-6-5-9-21-10-15)12-17(18)20-23-19(24-25-20)16-7-3-2-4-8-16/h2-10,17-18H,11-13H2,1H3,(H,22,27)(H,23,24,25)/t17-,18-/m1/s1. The lowest BCUT2D eigenvalue weighted by atomic mass is 10.0. The van der Waals surface area contributed by atoms with Crippen LogP contribution in [0.1, 0.15) is 24.2 Å². The van der Waals surface area contributed by atoms with Gasteiger partial charge in [-0.3, -0.25) is 19.8 Å². The fraction of sp³-hybridized carbons (Fsp3) is 0.300. The molecular weight excluding hydrogens is 340 g/mol. The Hall–Kier alpha value is -3.06. The van der Waals surface area contributed by atoms with E-state index >= 15 is 0 Å². The highest BCUT2D eigenvalue weighted by molar-refractivity contribution is 5.73. The maximum absolute atomic E-state index is 11.7. The molecule has 0 spiro atoms. The van der Waals surface area contributed by atoms with Gasteiger partial charge in [-0.05, 0) is 11.6 Å². The van der Waals surface area contributed by atoms with Crippen LogP contribution in [0, 0.1) is 0 Å². The largest absolute Gasteiger partial charge is 0.352 e. The van der Waals surface area contributed by atoms with Crippen molar-refractivity contribution in [3.63, 3.8) is 0 Å². The lowest BCUT2D eigenvalue weighted by Crippen LogP contribution is -2.38. The van der Waals surface area contributed by atoms with Crippen LogP contribution in [0.5, 0.6) is 0 Å². The van der Waals surface area contributed by atoms with Crippen LogP contribution in [0.4, 0.5) is 0 Å². The number of carbonyl (C=O) groups is 1. The number of hydrogen-bond donors (Lipinski definition) is 2. The second kappa shape index (κ2) is 7.67. The summed E-state index contributed by atoms with van der Waals surface area (Å²) in [7, 11) is 0. The highest BCUT2D eigenvalue weighted by Gasteiger charge is 2.36. The van der Waals surface area contributed by atoms with E-state index in [9.17, 15) is 4.79 Å². The highest BCUT2D eigenvalue weighted by atomic mass is 16.1. The Bertz CT molecular complexity index is 895. The Morgan fingerprint density at radius 2 is 2.07 bits per heavy atom. The summed E-state index contributed by atoms with van der Waals surface area (Å²) < 4.78 is 0. The quantitative estimate of drug-likeness (QED) is 0.725. The zero-order valence-electron chi connectivity index (χ0n) is 15.2. The highest BCUT2D eigenvalue weighted by Crippen LogP contribution is 2.28. The van der Waals surface area contributed by atoms with Gasteiger partial charge in [0.2, 0.25) is 5.91 Å². The summed E-state index contributed by atoms with van der Waals surface area (Å²) in [6.07, 6.45) is 3.65. The average Bonchev–Trinajstić information content (AvgIpc) is 3.30. The Morgan fingerprint density at radius 3 is 2.81 bits per heavy atom. The van der Waals surface area contributed by atoms with Gasteiger partial charge in [0.1, 0.15) is 5.82 Å². The van der Waals surface area contributed by atoms with Gasteiger partial charge in [0.25, 0.3) is 0 Å². The predicted octanol–water partition coefficient (Wildman–Crippen LogP) is 1.97. The van der Waals surface area contributed by atoms with Crippen molar-refractivity contribution in [1.29, 1.82) is 0 Å². The van der Waals surface area contributed by atoms with E-state index in [1.165, 1.54) is 0 Å². The number of amides is 1. The van der Waals surface area contributed by atoms with Crippen LogP contribution in [0.3, 0.4) is 0 Å². The van der Waals surface area contributed by atoms with Gasteiger partial charge in [0.15, 0.2) is 5.82 Å². The van der Waals surface area contributed by atoms with Crippen LogP contribution in [-0.2, 0) is 11.3 Å². The Morgan fingerprint density at radius 1 is 1.22 bits per heavy atom. The van der Waals surface area contributed by atoms with E-state index in [-0.39, 0.29) is 17.9 Å². The second-order valence-electron chi connectivity index (χ2n) is 6.88. The third-order valence-electron chi connectivity index (χ3n) is 4.80. The summed E-state index contributed by atoms with van der Waals surface area (Å²) in [6.45, 7) is 3.90. The zero-order chi connectivity index (χ0) is 18.6. The summed E-state index contributed by atoms with van der Waals surface area (Å²) in [4.78, 5) is 22.9. The molecule has 7 heteroatoms. The summed E-state index contributed by atoms with van der Waals surface area (Å²) in [5, 5.41) is 10.5. The average molecular weight is 362 g/mol. The number of carbonyl (C=O) groups excluding carboxylic acids is 1. The van der Waals surface area contributed by atoms with Gasteiger partial charge in [-0.1, -0.05) is 36.4 Å². The maximum Gasteiger partial charge on any atom is 0.217 e. The number of pyridine rings is 1. The number of hydrogen-bond acceptors (Lipinski definition) is 5. The van der Waals surface area contributed by atoms with E-state index in [4.69, 9.17) is 4.98 Å². The zero-order valence-corrected chi connectivity index (χ0v) is 15.2. The molecule has 0 bridgehead atoms. The van der Waals surface area contributed by atoms with Crippen LogP contribution in [0.2, 0.25) is 0 Å². The molecule has 0 unspecified atom stereocenters. The number of rotatable bonds is 5. The first-order valence-electron chi connectivity index (χ1n) is 9.05. The predicted molar refractivity (Wildman–Crippen MR) is 102 cm³/mol. The van der Waals surface area contributed by atoms with Gasteiger partial charge in [0.05, 0.1) is 12.0 Å². The van der Waals surface area contributed by atoms with Crippen molar-refractivity contribution in [2.75, 3.05) is 13.1 Å². The monoisotopic (exact) mass is 362 g/mol. The SMILES string of the molecule is CC(=O)N[C@@H]1CN(Cc2cccnc2)C[C@H]1c1nc(-c2ccccc2)n[nH]1. The molecule has 3 heterocycles. The molecule has 7 nitrogen and oxygen atoms in total. The molecule has 1 amide bonds. The van der Waals surface area contributed by atoms with Crippen LogP contribution in [-0.4, -0.2) is 50.1 Å². The lowest BCUT2D eigenvalue weighted by Gasteiger charge is -2.16. The van der Waals surface area contributed by atoms with Crippen molar-refractivity contribution in [2.45, 2.75) is 25.4 Å². The second-order valence-corrected chi connectivity index (χ2v) is 6.88. The van der Waals surface area contributed by atoms with Crippen molar-refractivity contribution in [1.82, 2.24) is 30.4 Å². The smallest absolute Gasteiger partial charge is 0.217 e. The summed E-state index contributed by atoms with van der Waals surface area (Å²) in [5.74, 6) is 1.52. The summed E-state index contributed by atoms with van der Waals surface area (Å²) >= 11 is 0. The molecular formula is C20H22N6O. The van der Waals surface area contributed by atoms with Gasteiger partial charge < -0.3 is 5.32 Å². The fourth-order valence-corrected chi connectivity index (χ4v) is 3.61. The minimum atomic E-state index is -0.0315. The molecule has 2 N–H and O–H groups in total. The van der Waals surface area contributed by atoms with Crippen molar-refractivity contribution < 1.29 is 4.79 Å². The first kappa shape index (κ1) is 17.4. The van der Waals surface area contributed by atoms with Crippen molar-refractivity contribution >= 4 is 5.91 Å². The molecule has 0 aliphatic carbocycles. The molecule has 0 saturated carbocycles. The Balaban J connectivity index is 1.54. The molecule has 138 valence electrons. The fourth-order valence-electron chi connectivity index (χ4n) is 3.61. The number of nitrogens with zero attached hydrogens (tertiary/aromatic N) is 4. The molecule has 4 rings (SSSR count). The van der Waals surface area contributed by atoms with Gasteiger partial charge in [-0.25, -0.2) is 4.98 Å².